The second-order valence-corrected chi connectivity index (χ2v) is 6.60. The molecule has 0 N–H and O–H groups in total. The van der Waals surface area contributed by atoms with Crippen LogP contribution in [-0.4, -0.2) is 30.4 Å². The number of hydrogen-bond donors (Lipinski definition) is 0. The number of carbonyl (C=O) groups excluding carboxylic acids is 1. The van der Waals surface area contributed by atoms with Crippen molar-refractivity contribution >= 4 is 5.97 Å². The Balaban J connectivity index is 2.27. The van der Waals surface area contributed by atoms with Crippen LogP contribution in [0.4, 0.5) is 0 Å². The van der Waals surface area contributed by atoms with E-state index in [4.69, 9.17) is 14.2 Å². The van der Waals surface area contributed by atoms with Crippen molar-refractivity contribution in [2.24, 2.45) is 0 Å². The fourth-order valence-corrected chi connectivity index (χ4v) is 4.10. The molecule has 2 aliphatic rings. The molecule has 1 fully saturated rings. The van der Waals surface area contributed by atoms with Gasteiger partial charge < -0.3 is 18.8 Å². The highest BCUT2D eigenvalue weighted by Gasteiger charge is 2.48. The third kappa shape index (κ3) is 2.48. The Bertz CT molecular complexity index is 810. The van der Waals surface area contributed by atoms with Crippen molar-refractivity contribution in [2.45, 2.75) is 57.8 Å². The molecule has 2 aliphatic heterocycles. The summed E-state index contributed by atoms with van der Waals surface area (Å²) in [5.41, 5.74) is -0.435. The third-order valence-electron chi connectivity index (χ3n) is 5.61. The van der Waals surface area contributed by atoms with Gasteiger partial charge in [0, 0.05) is 13.0 Å². The molecule has 26 heavy (non-hydrogen) atoms. The van der Waals surface area contributed by atoms with Gasteiger partial charge in [-0.3, -0.25) is 9.59 Å². The molecule has 0 bridgehead atoms. The maximum atomic E-state index is 13.0. The SMILES string of the molecule is CCOC(=O)C(CC)(CC)c1cc2n(c(=O)c1C#N)CCC21OCCO1. The van der Waals surface area contributed by atoms with Gasteiger partial charge in [0.25, 0.3) is 5.56 Å². The lowest BCUT2D eigenvalue weighted by molar-refractivity contribution is -0.163. The number of nitrogens with zero attached hydrogens (tertiary/aromatic N) is 2. The summed E-state index contributed by atoms with van der Waals surface area (Å²) in [6.07, 6.45) is 1.37. The third-order valence-corrected chi connectivity index (χ3v) is 5.61. The fourth-order valence-electron chi connectivity index (χ4n) is 4.10. The van der Waals surface area contributed by atoms with Crippen molar-refractivity contribution in [1.29, 1.82) is 5.26 Å². The summed E-state index contributed by atoms with van der Waals surface area (Å²) in [5.74, 6) is -1.37. The van der Waals surface area contributed by atoms with Gasteiger partial charge in [-0.05, 0) is 31.4 Å². The van der Waals surface area contributed by atoms with Crippen molar-refractivity contribution < 1.29 is 19.0 Å². The van der Waals surface area contributed by atoms with Crippen LogP contribution in [0, 0.1) is 11.3 Å². The van der Waals surface area contributed by atoms with E-state index in [0.29, 0.717) is 50.3 Å². The highest BCUT2D eigenvalue weighted by Crippen LogP contribution is 2.43. The number of nitriles is 1. The molecule has 7 nitrogen and oxygen atoms in total. The van der Waals surface area contributed by atoms with Crippen molar-refractivity contribution in [3.8, 4) is 6.07 Å². The van der Waals surface area contributed by atoms with Crippen LogP contribution in [0.15, 0.2) is 10.9 Å². The van der Waals surface area contributed by atoms with E-state index in [1.54, 1.807) is 13.0 Å². The molecule has 0 amide bonds. The number of aromatic nitrogens is 1. The van der Waals surface area contributed by atoms with Crippen LogP contribution in [0.2, 0.25) is 0 Å². The highest BCUT2D eigenvalue weighted by atomic mass is 16.7. The molecule has 0 atom stereocenters. The Morgan fingerprint density at radius 2 is 2.00 bits per heavy atom. The molecule has 1 saturated heterocycles. The zero-order valence-electron chi connectivity index (χ0n) is 15.5. The molecule has 0 aliphatic carbocycles. The topological polar surface area (TPSA) is 90.6 Å². The van der Waals surface area contributed by atoms with Gasteiger partial charge in [-0.15, -0.1) is 0 Å². The molecule has 0 aromatic carbocycles. The number of pyridine rings is 1. The average Bonchev–Trinajstić information content (AvgIpc) is 3.26. The summed E-state index contributed by atoms with van der Waals surface area (Å²) in [7, 11) is 0. The van der Waals surface area contributed by atoms with E-state index in [1.165, 1.54) is 4.57 Å². The van der Waals surface area contributed by atoms with E-state index >= 15 is 0 Å². The van der Waals surface area contributed by atoms with Crippen LogP contribution >= 0.6 is 0 Å². The number of esters is 1. The molecule has 0 radical (unpaired) electrons. The molecule has 1 spiro atoms. The molecule has 0 saturated carbocycles. The van der Waals surface area contributed by atoms with Gasteiger partial charge in [0.2, 0.25) is 5.79 Å². The van der Waals surface area contributed by atoms with Crippen LogP contribution in [0.3, 0.4) is 0 Å². The molecule has 0 unspecified atom stereocenters. The summed E-state index contributed by atoms with van der Waals surface area (Å²) in [6.45, 7) is 7.04. The van der Waals surface area contributed by atoms with E-state index in [-0.39, 0.29) is 12.2 Å². The second-order valence-electron chi connectivity index (χ2n) is 6.60. The van der Waals surface area contributed by atoms with Crippen LogP contribution in [0.1, 0.15) is 56.9 Å². The van der Waals surface area contributed by atoms with Crippen LogP contribution in [0.5, 0.6) is 0 Å². The minimum Gasteiger partial charge on any atom is -0.465 e. The molecule has 3 heterocycles. The molecular weight excluding hydrogens is 336 g/mol. The van der Waals surface area contributed by atoms with Gasteiger partial charge in [0.1, 0.15) is 11.6 Å². The first-order valence-electron chi connectivity index (χ1n) is 9.13. The van der Waals surface area contributed by atoms with Crippen LogP contribution in [-0.2, 0) is 36.8 Å². The number of carbonyl (C=O) groups is 1. The smallest absolute Gasteiger partial charge is 0.316 e. The lowest BCUT2D eigenvalue weighted by atomic mass is 9.74. The summed E-state index contributed by atoms with van der Waals surface area (Å²) in [4.78, 5) is 25.8. The molecule has 7 heteroatoms. The molecule has 140 valence electrons. The predicted molar refractivity (Wildman–Crippen MR) is 92.5 cm³/mol. The molecular formula is C19H24N2O5. The van der Waals surface area contributed by atoms with E-state index in [1.807, 2.05) is 19.9 Å². The predicted octanol–water partition coefficient (Wildman–Crippen LogP) is 1.94. The quantitative estimate of drug-likeness (QED) is 0.746. The number of hydrogen-bond acceptors (Lipinski definition) is 6. The Labute approximate surface area is 152 Å². The van der Waals surface area contributed by atoms with Crippen LogP contribution < -0.4 is 5.56 Å². The number of ether oxygens (including phenoxy) is 3. The lowest BCUT2D eigenvalue weighted by Gasteiger charge is -2.31. The standard InChI is InChI=1S/C19H24N2O5/c1-4-18(5-2,17(23)24-6-3)14-11-15-19(25-9-10-26-19)7-8-21(15)16(22)13(14)12-20/h11H,4-10H2,1-3H3. The van der Waals surface area contributed by atoms with Gasteiger partial charge >= 0.3 is 5.97 Å². The minimum absolute atomic E-state index is 0.000509. The maximum Gasteiger partial charge on any atom is 0.316 e. The highest BCUT2D eigenvalue weighted by molar-refractivity contribution is 5.84. The second kappa shape index (κ2) is 6.86. The van der Waals surface area contributed by atoms with Crippen molar-refractivity contribution in [3.63, 3.8) is 0 Å². The Morgan fingerprint density at radius 1 is 1.35 bits per heavy atom. The number of fused-ring (bicyclic) bond motifs is 2. The van der Waals surface area contributed by atoms with E-state index < -0.39 is 22.7 Å². The Morgan fingerprint density at radius 3 is 2.54 bits per heavy atom. The monoisotopic (exact) mass is 360 g/mol. The van der Waals surface area contributed by atoms with Crippen LogP contribution in [0.25, 0.3) is 0 Å². The first-order chi connectivity index (χ1) is 12.5. The fraction of sp³-hybridized carbons (Fsp3) is 0.632. The van der Waals surface area contributed by atoms with Gasteiger partial charge in [-0.2, -0.15) is 5.26 Å². The normalized spacial score (nSPS) is 17.9. The van der Waals surface area contributed by atoms with Gasteiger partial charge in [-0.1, -0.05) is 13.8 Å². The first-order valence-corrected chi connectivity index (χ1v) is 9.13. The maximum absolute atomic E-state index is 13.0. The first kappa shape index (κ1) is 18.6. The van der Waals surface area contributed by atoms with Crippen molar-refractivity contribution in [2.75, 3.05) is 19.8 Å². The van der Waals surface area contributed by atoms with E-state index in [2.05, 4.69) is 0 Å². The van der Waals surface area contributed by atoms with Crippen molar-refractivity contribution in [3.05, 3.63) is 33.2 Å². The zero-order chi connectivity index (χ0) is 18.9. The molecule has 3 rings (SSSR count). The Hall–Kier alpha value is -2.17. The van der Waals surface area contributed by atoms with E-state index in [9.17, 15) is 14.9 Å². The van der Waals surface area contributed by atoms with E-state index in [0.717, 1.165) is 0 Å². The molecule has 1 aromatic heterocycles. The summed E-state index contributed by atoms with van der Waals surface area (Å²) in [5, 5.41) is 9.68. The van der Waals surface area contributed by atoms with Gasteiger partial charge in [-0.25, -0.2) is 0 Å². The summed E-state index contributed by atoms with van der Waals surface area (Å²) < 4.78 is 18.5. The lowest BCUT2D eigenvalue weighted by Crippen LogP contribution is -2.40. The average molecular weight is 360 g/mol. The van der Waals surface area contributed by atoms with Gasteiger partial charge in [0.15, 0.2) is 0 Å². The summed E-state index contributed by atoms with van der Waals surface area (Å²) in [6, 6.07) is 3.77. The van der Waals surface area contributed by atoms with Crippen molar-refractivity contribution in [1.82, 2.24) is 4.57 Å². The largest absolute Gasteiger partial charge is 0.465 e. The minimum atomic E-state index is -1.04. The summed E-state index contributed by atoms with van der Waals surface area (Å²) >= 11 is 0. The number of rotatable bonds is 5. The zero-order valence-corrected chi connectivity index (χ0v) is 15.5. The van der Waals surface area contributed by atoms with Gasteiger partial charge in [0.05, 0.1) is 30.9 Å². The molecule has 1 aromatic rings. The Kier molecular flexibility index (Phi) is 4.91.